The van der Waals surface area contributed by atoms with Crippen molar-refractivity contribution in [2.75, 3.05) is 6.54 Å². The molecule has 0 aromatic heterocycles. The summed E-state index contributed by atoms with van der Waals surface area (Å²) in [5, 5.41) is 0. The zero-order valence-corrected chi connectivity index (χ0v) is 7.76. The van der Waals surface area contributed by atoms with Gasteiger partial charge in [-0.1, -0.05) is 13.3 Å². The van der Waals surface area contributed by atoms with Gasteiger partial charge >= 0.3 is 0 Å². The fraction of sp³-hybridized carbons (Fsp3) is 1.00. The maximum absolute atomic E-state index is 3.68. The number of hydrogen-bond acceptors (Lipinski definition) is 0. The number of unbranched alkanes of at least 4 members (excludes halogenated alkanes) is 1. The third-order valence-corrected chi connectivity index (χ3v) is 0.604. The van der Waals surface area contributed by atoms with Gasteiger partial charge in [0, 0.05) is 0 Å². The van der Waals surface area contributed by atoms with Crippen LogP contribution >= 0.6 is 0 Å². The van der Waals surface area contributed by atoms with Crippen molar-refractivity contribution in [2.45, 2.75) is 19.8 Å². The Morgan fingerprint density at radius 1 is 1.29 bits per heavy atom. The van der Waals surface area contributed by atoms with Crippen molar-refractivity contribution in [3.63, 3.8) is 0 Å². The first-order valence-electron chi connectivity index (χ1n) is 2.21. The molecule has 0 aliphatic carbocycles. The Labute approximate surface area is 66.2 Å². The molecule has 0 saturated heterocycles. The summed E-state index contributed by atoms with van der Waals surface area (Å²) >= 11 is 0. The van der Waals surface area contributed by atoms with E-state index in [2.05, 4.69) is 12.7 Å². The second-order valence-electron chi connectivity index (χ2n) is 1.21. The Morgan fingerprint density at radius 3 is 1.71 bits per heavy atom. The summed E-state index contributed by atoms with van der Waals surface area (Å²) in [7, 11) is 0. The minimum Gasteiger partial charge on any atom is -1.00 e. The van der Waals surface area contributed by atoms with Crippen LogP contribution in [-0.2, 0) is 0 Å². The van der Waals surface area contributed by atoms with Crippen LogP contribution in [0, 0.1) is 0 Å². The largest absolute Gasteiger partial charge is 1.00 e. The summed E-state index contributed by atoms with van der Waals surface area (Å²) in [6, 6.07) is 0. The highest BCUT2D eigenvalue weighted by molar-refractivity contribution is 4.21. The van der Waals surface area contributed by atoms with Crippen molar-refractivity contribution in [2.24, 2.45) is 0 Å². The minimum atomic E-state index is 0. The molecule has 0 fully saturated rings. The summed E-state index contributed by atoms with van der Waals surface area (Å²) in [6.45, 7) is 3.27. The van der Waals surface area contributed by atoms with Crippen LogP contribution in [0.1, 0.15) is 19.8 Å². The van der Waals surface area contributed by atoms with Crippen molar-refractivity contribution in [3.8, 4) is 0 Å². The molecule has 0 aliphatic rings. The monoisotopic (exact) mass is 232 g/mol. The topological polar surface area (TPSA) is 27.6 Å². The molecule has 0 atom stereocenters. The fourth-order valence-electron chi connectivity index (χ4n) is 0.250. The second kappa shape index (κ2) is 15.8. The molecular weight excluding hydrogens is 222 g/mol. The normalized spacial score (nSPS) is 6.00. The molecule has 7 heavy (non-hydrogen) atoms. The molecule has 0 radical (unpaired) electrons. The van der Waals surface area contributed by atoms with Gasteiger partial charge < -0.3 is 39.7 Å². The molecular formula is C4H12Br2N-. The fourth-order valence-corrected chi connectivity index (χ4v) is 0.250. The highest BCUT2D eigenvalue weighted by Gasteiger charge is 1.71. The highest BCUT2D eigenvalue weighted by Crippen LogP contribution is 1.75. The third kappa shape index (κ3) is 19.6. The van der Waals surface area contributed by atoms with E-state index in [0.717, 1.165) is 6.54 Å². The minimum absolute atomic E-state index is 0. The molecule has 0 spiro atoms. The van der Waals surface area contributed by atoms with Gasteiger partial charge in [0.2, 0.25) is 0 Å². The summed E-state index contributed by atoms with van der Waals surface area (Å²) in [5.41, 5.74) is 3.68. The van der Waals surface area contributed by atoms with E-state index < -0.39 is 0 Å². The lowest BCUT2D eigenvalue weighted by molar-refractivity contribution is -0.368. The lowest BCUT2D eigenvalue weighted by atomic mass is 10.3. The molecule has 0 rings (SSSR count). The number of rotatable bonds is 2. The molecule has 3 N–H and O–H groups in total. The average molecular weight is 234 g/mol. The van der Waals surface area contributed by atoms with Crippen LogP contribution in [0.15, 0.2) is 0 Å². The van der Waals surface area contributed by atoms with Crippen LogP contribution in [0.25, 0.3) is 0 Å². The molecule has 48 valence electrons. The average Bonchev–Trinajstić information content (AvgIpc) is 1.41. The first-order valence-corrected chi connectivity index (χ1v) is 2.21. The lowest BCUT2D eigenvalue weighted by Crippen LogP contribution is -3.00. The van der Waals surface area contributed by atoms with Crippen LogP contribution in [0.3, 0.4) is 0 Å². The van der Waals surface area contributed by atoms with Crippen molar-refractivity contribution < 1.29 is 39.7 Å². The van der Waals surface area contributed by atoms with E-state index in [1.807, 2.05) is 0 Å². The molecule has 0 heterocycles. The Balaban J connectivity index is -0.0000000800. The smallest absolute Gasteiger partial charge is 0.0739 e. The zero-order valence-electron chi connectivity index (χ0n) is 4.58. The molecule has 3 heteroatoms. The highest BCUT2D eigenvalue weighted by atomic mass is 79.9. The molecule has 0 aliphatic heterocycles. The quantitative estimate of drug-likeness (QED) is 0.492. The molecule has 0 aromatic carbocycles. The van der Waals surface area contributed by atoms with Crippen LogP contribution in [0.5, 0.6) is 0 Å². The Hall–Kier alpha value is 0.920. The van der Waals surface area contributed by atoms with Gasteiger partial charge in [-0.05, 0) is 6.42 Å². The van der Waals surface area contributed by atoms with E-state index in [9.17, 15) is 0 Å². The van der Waals surface area contributed by atoms with Crippen LogP contribution in [0.2, 0.25) is 0 Å². The molecule has 0 aromatic rings. The molecule has 0 bridgehead atoms. The van der Waals surface area contributed by atoms with Gasteiger partial charge in [0.15, 0.2) is 0 Å². The maximum Gasteiger partial charge on any atom is 0.0739 e. The van der Waals surface area contributed by atoms with Crippen molar-refractivity contribution in [1.82, 2.24) is 0 Å². The zero-order chi connectivity index (χ0) is 4.12. The summed E-state index contributed by atoms with van der Waals surface area (Å²) in [5.74, 6) is 0. The molecule has 1 nitrogen and oxygen atoms in total. The lowest BCUT2D eigenvalue weighted by Gasteiger charge is -1.77. The van der Waals surface area contributed by atoms with Crippen molar-refractivity contribution >= 4 is 0 Å². The van der Waals surface area contributed by atoms with E-state index in [1.165, 1.54) is 12.8 Å². The van der Waals surface area contributed by atoms with E-state index in [1.54, 1.807) is 0 Å². The second-order valence-corrected chi connectivity index (χ2v) is 1.21. The first kappa shape index (κ1) is 15.7. The van der Waals surface area contributed by atoms with Gasteiger partial charge in [0.05, 0.1) is 6.54 Å². The van der Waals surface area contributed by atoms with Crippen molar-refractivity contribution in [1.29, 1.82) is 0 Å². The number of quaternary nitrogens is 1. The Bertz CT molecular complexity index is 17.2. The van der Waals surface area contributed by atoms with Crippen LogP contribution in [-0.4, -0.2) is 6.54 Å². The Morgan fingerprint density at radius 2 is 1.71 bits per heavy atom. The van der Waals surface area contributed by atoms with Crippen molar-refractivity contribution in [3.05, 3.63) is 0 Å². The SMILES string of the molecule is CCCC[NH3+].[Br-].[Br-]. The summed E-state index contributed by atoms with van der Waals surface area (Å²) in [6.07, 6.45) is 2.56. The summed E-state index contributed by atoms with van der Waals surface area (Å²) < 4.78 is 0. The van der Waals surface area contributed by atoms with Gasteiger partial charge in [-0.15, -0.1) is 0 Å². The maximum atomic E-state index is 3.68. The van der Waals surface area contributed by atoms with Gasteiger partial charge in [-0.3, -0.25) is 0 Å². The van der Waals surface area contributed by atoms with Gasteiger partial charge in [0.1, 0.15) is 0 Å². The third-order valence-electron chi connectivity index (χ3n) is 0.604. The van der Waals surface area contributed by atoms with E-state index in [4.69, 9.17) is 0 Å². The number of halogens is 2. The Kier molecular flexibility index (Phi) is 35.3. The van der Waals surface area contributed by atoms with Gasteiger partial charge in [-0.25, -0.2) is 0 Å². The van der Waals surface area contributed by atoms with Crippen LogP contribution < -0.4 is 39.7 Å². The van der Waals surface area contributed by atoms with E-state index in [0.29, 0.717) is 0 Å². The van der Waals surface area contributed by atoms with Crippen LogP contribution in [0.4, 0.5) is 0 Å². The van der Waals surface area contributed by atoms with Gasteiger partial charge in [0.25, 0.3) is 0 Å². The predicted octanol–water partition coefficient (Wildman–Crippen LogP) is -5.96. The molecule has 0 saturated carbocycles. The van der Waals surface area contributed by atoms with Gasteiger partial charge in [-0.2, -0.15) is 0 Å². The number of hydrogen-bond donors (Lipinski definition) is 1. The summed E-state index contributed by atoms with van der Waals surface area (Å²) in [4.78, 5) is 0. The first-order chi connectivity index (χ1) is 2.41. The molecule has 0 amide bonds. The van der Waals surface area contributed by atoms with E-state index in [-0.39, 0.29) is 34.0 Å². The predicted molar refractivity (Wildman–Crippen MR) is 22.7 cm³/mol. The standard InChI is InChI=1S/C4H11N.2BrH/c1-2-3-4-5;;/h2-5H2,1H3;2*1H/p-1. The van der Waals surface area contributed by atoms with E-state index >= 15 is 0 Å². The molecule has 0 unspecified atom stereocenters.